The average molecular weight is 581 g/mol. The lowest BCUT2D eigenvalue weighted by Crippen LogP contribution is -2.36. The quantitative estimate of drug-likeness (QED) is 0.249. The van der Waals surface area contributed by atoms with Gasteiger partial charge in [0.2, 0.25) is 11.8 Å². The first kappa shape index (κ1) is 29.2. The van der Waals surface area contributed by atoms with Crippen LogP contribution in [0.25, 0.3) is 10.8 Å². The zero-order chi connectivity index (χ0) is 30.2. The van der Waals surface area contributed by atoms with Gasteiger partial charge in [0.15, 0.2) is 0 Å². The third-order valence-electron chi connectivity index (χ3n) is 7.17. The van der Waals surface area contributed by atoms with Crippen molar-refractivity contribution in [3.05, 3.63) is 102 Å². The van der Waals surface area contributed by atoms with Crippen LogP contribution in [0.2, 0.25) is 0 Å². The number of rotatable bonds is 10. The molecule has 0 spiro atoms. The Labute approximate surface area is 249 Å². The molecule has 2 unspecified atom stereocenters. The Kier molecular flexibility index (Phi) is 9.26. The number of fused-ring (bicyclic) bond motifs is 1. The molecule has 1 saturated heterocycles. The standard InChI is InChI=1S/C33H32N4O6/c1-2-42-31(39)18-29(24-9-6-14-34-19-24)36-32(40)26-17-30(38)37(20-26)28-13-11-23-10-12-27(15-25(23)16-28)35-33(41)43-21-22-7-4-3-5-8-22/h3-16,19,26,29H,2,17-18,20-21H2,1H3,(H,35,41)(H,36,40). The van der Waals surface area contributed by atoms with E-state index in [0.29, 0.717) is 16.9 Å². The molecule has 43 heavy (non-hydrogen) atoms. The van der Waals surface area contributed by atoms with E-state index in [1.54, 1.807) is 48.5 Å². The first-order valence-electron chi connectivity index (χ1n) is 14.1. The lowest BCUT2D eigenvalue weighted by Gasteiger charge is -2.21. The highest BCUT2D eigenvalue weighted by Crippen LogP contribution is 2.30. The Morgan fingerprint density at radius 1 is 0.977 bits per heavy atom. The predicted molar refractivity (Wildman–Crippen MR) is 161 cm³/mol. The summed E-state index contributed by atoms with van der Waals surface area (Å²) in [5, 5.41) is 7.40. The van der Waals surface area contributed by atoms with Crippen molar-refractivity contribution in [1.82, 2.24) is 10.3 Å². The van der Waals surface area contributed by atoms with E-state index in [-0.39, 0.29) is 44.4 Å². The fourth-order valence-electron chi connectivity index (χ4n) is 5.00. The third-order valence-corrected chi connectivity index (χ3v) is 7.17. The van der Waals surface area contributed by atoms with Crippen LogP contribution in [-0.4, -0.2) is 42.0 Å². The molecule has 10 nitrogen and oxygen atoms in total. The van der Waals surface area contributed by atoms with E-state index in [1.807, 2.05) is 54.6 Å². The summed E-state index contributed by atoms with van der Waals surface area (Å²) in [6, 6.07) is 23.3. The van der Waals surface area contributed by atoms with Crippen LogP contribution in [-0.2, 0) is 30.5 Å². The molecule has 220 valence electrons. The maximum absolute atomic E-state index is 13.3. The van der Waals surface area contributed by atoms with Gasteiger partial charge < -0.3 is 19.7 Å². The molecule has 0 radical (unpaired) electrons. The highest BCUT2D eigenvalue weighted by molar-refractivity contribution is 6.02. The van der Waals surface area contributed by atoms with Crippen LogP contribution < -0.4 is 15.5 Å². The highest BCUT2D eigenvalue weighted by atomic mass is 16.5. The molecular weight excluding hydrogens is 548 g/mol. The number of hydrogen-bond acceptors (Lipinski definition) is 7. The second-order valence-electron chi connectivity index (χ2n) is 10.2. The van der Waals surface area contributed by atoms with Gasteiger partial charge in [0, 0.05) is 36.7 Å². The summed E-state index contributed by atoms with van der Waals surface area (Å²) in [4.78, 5) is 56.6. The minimum Gasteiger partial charge on any atom is -0.466 e. The van der Waals surface area contributed by atoms with Crippen molar-refractivity contribution in [2.75, 3.05) is 23.4 Å². The maximum Gasteiger partial charge on any atom is 0.411 e. The number of ether oxygens (including phenoxy) is 2. The summed E-state index contributed by atoms with van der Waals surface area (Å²) >= 11 is 0. The van der Waals surface area contributed by atoms with Gasteiger partial charge in [-0.15, -0.1) is 0 Å². The molecule has 2 atom stereocenters. The molecule has 1 aromatic heterocycles. The number of pyridine rings is 1. The number of nitrogens with zero attached hydrogens (tertiary/aromatic N) is 2. The smallest absolute Gasteiger partial charge is 0.411 e. The Morgan fingerprint density at radius 3 is 2.56 bits per heavy atom. The zero-order valence-corrected chi connectivity index (χ0v) is 23.7. The van der Waals surface area contributed by atoms with Crippen LogP contribution in [0.4, 0.5) is 16.2 Å². The fourth-order valence-corrected chi connectivity index (χ4v) is 5.00. The van der Waals surface area contributed by atoms with E-state index in [4.69, 9.17) is 9.47 Å². The first-order chi connectivity index (χ1) is 20.9. The normalized spacial score (nSPS) is 15.1. The van der Waals surface area contributed by atoms with Gasteiger partial charge in [-0.3, -0.25) is 24.7 Å². The zero-order valence-electron chi connectivity index (χ0n) is 23.7. The lowest BCUT2D eigenvalue weighted by molar-refractivity contribution is -0.144. The van der Waals surface area contributed by atoms with Crippen molar-refractivity contribution in [1.29, 1.82) is 0 Å². The molecule has 1 fully saturated rings. The summed E-state index contributed by atoms with van der Waals surface area (Å²) in [5.74, 6) is -1.54. The van der Waals surface area contributed by atoms with Gasteiger partial charge in [0.1, 0.15) is 6.61 Å². The lowest BCUT2D eigenvalue weighted by atomic mass is 10.0. The number of carbonyl (C=O) groups excluding carboxylic acids is 4. The molecule has 1 aliphatic heterocycles. The van der Waals surface area contributed by atoms with Crippen LogP contribution in [0.1, 0.15) is 36.9 Å². The summed E-state index contributed by atoms with van der Waals surface area (Å²) in [5.41, 5.74) is 2.75. The number of anilines is 2. The molecule has 3 aromatic carbocycles. The fraction of sp³-hybridized carbons (Fsp3) is 0.242. The Bertz CT molecular complexity index is 1610. The van der Waals surface area contributed by atoms with Crippen molar-refractivity contribution in [2.24, 2.45) is 5.92 Å². The van der Waals surface area contributed by atoms with E-state index in [2.05, 4.69) is 15.6 Å². The monoisotopic (exact) mass is 580 g/mol. The minimum absolute atomic E-state index is 0.0396. The Morgan fingerprint density at radius 2 is 1.79 bits per heavy atom. The van der Waals surface area contributed by atoms with Crippen LogP contribution in [0.15, 0.2) is 91.3 Å². The van der Waals surface area contributed by atoms with E-state index < -0.39 is 24.0 Å². The molecule has 0 saturated carbocycles. The van der Waals surface area contributed by atoms with Crippen LogP contribution in [0.3, 0.4) is 0 Å². The molecule has 0 bridgehead atoms. The van der Waals surface area contributed by atoms with E-state index in [9.17, 15) is 19.2 Å². The van der Waals surface area contributed by atoms with Crippen molar-refractivity contribution >= 4 is 46.0 Å². The molecule has 0 aliphatic carbocycles. The van der Waals surface area contributed by atoms with Crippen LogP contribution in [0, 0.1) is 5.92 Å². The Balaban J connectivity index is 1.24. The van der Waals surface area contributed by atoms with E-state index in [1.165, 1.54) is 0 Å². The van der Waals surface area contributed by atoms with Gasteiger partial charge in [-0.2, -0.15) is 0 Å². The number of esters is 1. The van der Waals surface area contributed by atoms with Gasteiger partial charge in [-0.25, -0.2) is 4.79 Å². The number of carbonyl (C=O) groups is 4. The summed E-state index contributed by atoms with van der Waals surface area (Å²) in [7, 11) is 0. The number of aromatic nitrogens is 1. The molecule has 4 aromatic rings. The number of nitrogens with one attached hydrogen (secondary N) is 2. The van der Waals surface area contributed by atoms with Crippen LogP contribution in [0.5, 0.6) is 0 Å². The molecule has 1 aliphatic rings. The second-order valence-corrected chi connectivity index (χ2v) is 10.2. The molecule has 3 amide bonds. The summed E-state index contributed by atoms with van der Waals surface area (Å²) in [6.07, 6.45) is 2.63. The van der Waals surface area contributed by atoms with E-state index in [0.717, 1.165) is 16.3 Å². The van der Waals surface area contributed by atoms with Crippen molar-refractivity contribution < 1.29 is 28.7 Å². The summed E-state index contributed by atoms with van der Waals surface area (Å²) < 4.78 is 10.4. The number of benzene rings is 3. The highest BCUT2D eigenvalue weighted by Gasteiger charge is 2.36. The van der Waals surface area contributed by atoms with Gasteiger partial charge in [0.05, 0.1) is 25.0 Å². The molecule has 5 rings (SSSR count). The molecule has 2 N–H and O–H groups in total. The first-order valence-corrected chi connectivity index (χ1v) is 14.1. The maximum atomic E-state index is 13.3. The SMILES string of the molecule is CCOC(=O)CC(NC(=O)C1CC(=O)N(c2ccc3ccc(NC(=O)OCc4ccccc4)cc3c2)C1)c1cccnc1. The predicted octanol–water partition coefficient (Wildman–Crippen LogP) is 5.15. The largest absolute Gasteiger partial charge is 0.466 e. The van der Waals surface area contributed by atoms with E-state index >= 15 is 0 Å². The molecular formula is C33H32N4O6. The van der Waals surface area contributed by atoms with Gasteiger partial charge in [0.25, 0.3) is 0 Å². The molecule has 10 heteroatoms. The Hall–Kier alpha value is -5.25. The van der Waals surface area contributed by atoms with Crippen molar-refractivity contribution in [2.45, 2.75) is 32.4 Å². The number of amides is 3. The topological polar surface area (TPSA) is 127 Å². The van der Waals surface area contributed by atoms with Gasteiger partial charge in [-0.1, -0.05) is 48.5 Å². The molecule has 2 heterocycles. The third kappa shape index (κ3) is 7.53. The number of hydrogen-bond donors (Lipinski definition) is 2. The van der Waals surface area contributed by atoms with Crippen molar-refractivity contribution in [3.63, 3.8) is 0 Å². The van der Waals surface area contributed by atoms with Crippen molar-refractivity contribution in [3.8, 4) is 0 Å². The van der Waals surface area contributed by atoms with Crippen LogP contribution >= 0.6 is 0 Å². The second kappa shape index (κ2) is 13.6. The van der Waals surface area contributed by atoms with Gasteiger partial charge >= 0.3 is 12.1 Å². The average Bonchev–Trinajstić information content (AvgIpc) is 3.42. The minimum atomic E-state index is -0.629. The summed E-state index contributed by atoms with van der Waals surface area (Å²) in [6.45, 7) is 2.31. The van der Waals surface area contributed by atoms with Gasteiger partial charge in [-0.05, 0) is 59.2 Å².